The fourth-order valence-electron chi connectivity index (χ4n) is 2.78. The molecule has 0 spiro atoms. The van der Waals surface area contributed by atoms with Crippen molar-refractivity contribution in [3.8, 4) is 0 Å². The summed E-state index contributed by atoms with van der Waals surface area (Å²) in [6.45, 7) is 10.0. The van der Waals surface area contributed by atoms with Gasteiger partial charge in [0.1, 0.15) is 0 Å². The van der Waals surface area contributed by atoms with Gasteiger partial charge in [0.2, 0.25) is 10.0 Å². The number of rotatable bonds is 6. The van der Waals surface area contributed by atoms with Crippen molar-refractivity contribution in [3.05, 3.63) is 58.7 Å². The van der Waals surface area contributed by atoms with Crippen LogP contribution in [0.4, 0.5) is 5.69 Å². The number of benzene rings is 2. The van der Waals surface area contributed by atoms with E-state index in [1.165, 1.54) is 10.4 Å². The van der Waals surface area contributed by atoms with Crippen molar-refractivity contribution in [3.63, 3.8) is 0 Å². The summed E-state index contributed by atoms with van der Waals surface area (Å²) < 4.78 is 26.8. The molecule has 0 aliphatic carbocycles. The number of carbonyl (C=O) groups excluding carboxylic acids is 1. The Hall–Kier alpha value is -2.18. The molecule has 0 unspecified atom stereocenters. The Labute approximate surface area is 156 Å². The highest BCUT2D eigenvalue weighted by atomic mass is 32.2. The normalized spacial score (nSPS) is 11.6. The van der Waals surface area contributed by atoms with Crippen LogP contribution in [0, 0.1) is 20.8 Å². The molecule has 0 bridgehead atoms. The number of aryl methyl sites for hydroxylation is 3. The van der Waals surface area contributed by atoms with Gasteiger partial charge in [-0.1, -0.05) is 32.0 Å². The number of anilines is 1. The van der Waals surface area contributed by atoms with Gasteiger partial charge >= 0.3 is 0 Å². The molecule has 1 amide bonds. The van der Waals surface area contributed by atoms with Gasteiger partial charge in [0.25, 0.3) is 5.91 Å². The summed E-state index contributed by atoms with van der Waals surface area (Å²) in [7, 11) is -3.61. The van der Waals surface area contributed by atoms with E-state index in [0.29, 0.717) is 18.7 Å². The third-order valence-corrected chi connectivity index (χ3v) is 6.48. The molecule has 140 valence electrons. The van der Waals surface area contributed by atoms with E-state index in [2.05, 4.69) is 5.32 Å². The summed E-state index contributed by atoms with van der Waals surface area (Å²) >= 11 is 0. The lowest BCUT2D eigenvalue weighted by Crippen LogP contribution is -2.30. The van der Waals surface area contributed by atoms with Crippen LogP contribution < -0.4 is 5.32 Å². The van der Waals surface area contributed by atoms with Gasteiger partial charge in [-0.15, -0.1) is 0 Å². The van der Waals surface area contributed by atoms with Crippen molar-refractivity contribution in [2.24, 2.45) is 0 Å². The molecule has 0 atom stereocenters. The minimum atomic E-state index is -3.61. The van der Waals surface area contributed by atoms with Crippen LogP contribution in [0.1, 0.15) is 40.9 Å². The second-order valence-corrected chi connectivity index (χ2v) is 8.28. The summed E-state index contributed by atoms with van der Waals surface area (Å²) in [6.07, 6.45) is 0. The van der Waals surface area contributed by atoms with Gasteiger partial charge in [0, 0.05) is 24.3 Å². The molecule has 0 fully saturated rings. The van der Waals surface area contributed by atoms with E-state index in [1.807, 2.05) is 32.0 Å². The Morgan fingerprint density at radius 3 is 2.19 bits per heavy atom. The van der Waals surface area contributed by atoms with Gasteiger partial charge in [-0.05, 0) is 55.7 Å². The summed E-state index contributed by atoms with van der Waals surface area (Å²) in [5, 5.41) is 2.90. The predicted octanol–water partition coefficient (Wildman–Crippen LogP) is 3.89. The molecule has 1 N–H and O–H groups in total. The first-order chi connectivity index (χ1) is 12.2. The van der Waals surface area contributed by atoms with Gasteiger partial charge in [-0.25, -0.2) is 8.42 Å². The molecule has 2 aromatic rings. The number of sulfonamides is 1. The van der Waals surface area contributed by atoms with Crippen molar-refractivity contribution in [2.45, 2.75) is 39.5 Å². The minimum absolute atomic E-state index is 0.137. The monoisotopic (exact) mass is 374 g/mol. The number of hydrogen-bond acceptors (Lipinski definition) is 3. The zero-order valence-corrected chi connectivity index (χ0v) is 16.8. The molecule has 26 heavy (non-hydrogen) atoms. The highest BCUT2D eigenvalue weighted by Crippen LogP contribution is 2.22. The Balaban J connectivity index is 2.41. The largest absolute Gasteiger partial charge is 0.322 e. The lowest BCUT2D eigenvalue weighted by atomic mass is 10.1. The first kappa shape index (κ1) is 20.1. The van der Waals surface area contributed by atoms with Crippen LogP contribution in [-0.4, -0.2) is 31.7 Å². The maximum Gasteiger partial charge on any atom is 0.255 e. The topological polar surface area (TPSA) is 66.5 Å². The molecule has 0 saturated heterocycles. The predicted molar refractivity (Wildman–Crippen MR) is 105 cm³/mol. The Bertz CT molecular complexity index is 917. The molecule has 0 aromatic heterocycles. The van der Waals surface area contributed by atoms with Crippen LogP contribution in [0.2, 0.25) is 0 Å². The van der Waals surface area contributed by atoms with E-state index in [4.69, 9.17) is 0 Å². The average molecular weight is 375 g/mol. The maximum atomic E-state index is 12.8. The lowest BCUT2D eigenvalue weighted by Gasteiger charge is -2.19. The maximum absolute atomic E-state index is 12.8. The summed E-state index contributed by atoms with van der Waals surface area (Å²) in [4.78, 5) is 12.9. The molecular formula is C20H26N2O3S. The van der Waals surface area contributed by atoms with Crippen LogP contribution in [0.15, 0.2) is 41.3 Å². The van der Waals surface area contributed by atoms with Crippen LogP contribution >= 0.6 is 0 Å². The molecule has 0 aliphatic heterocycles. The van der Waals surface area contributed by atoms with E-state index < -0.39 is 10.0 Å². The molecule has 0 aliphatic rings. The Kier molecular flexibility index (Phi) is 6.21. The molecule has 6 heteroatoms. The van der Waals surface area contributed by atoms with E-state index in [1.54, 1.807) is 32.9 Å². The standard InChI is InChI=1S/C20H26N2O3S/c1-6-22(7-2)26(24,25)17-11-10-15(4)18(13-17)20(23)21-19-12-14(3)8-9-16(19)5/h8-13H,6-7H2,1-5H3,(H,21,23). The van der Waals surface area contributed by atoms with Crippen molar-refractivity contribution in [1.29, 1.82) is 0 Å². The SMILES string of the molecule is CCN(CC)S(=O)(=O)c1ccc(C)c(C(=O)Nc2cc(C)ccc2C)c1. The van der Waals surface area contributed by atoms with Crippen LogP contribution in [0.3, 0.4) is 0 Å². The Morgan fingerprint density at radius 1 is 0.962 bits per heavy atom. The third-order valence-electron chi connectivity index (χ3n) is 4.44. The van der Waals surface area contributed by atoms with Gasteiger partial charge < -0.3 is 5.32 Å². The van der Waals surface area contributed by atoms with Gasteiger partial charge in [0.15, 0.2) is 0 Å². The Morgan fingerprint density at radius 2 is 1.58 bits per heavy atom. The van der Waals surface area contributed by atoms with Gasteiger partial charge in [-0.3, -0.25) is 4.79 Å². The molecule has 0 radical (unpaired) electrons. The molecular weight excluding hydrogens is 348 g/mol. The fraction of sp³-hybridized carbons (Fsp3) is 0.350. The zero-order valence-electron chi connectivity index (χ0n) is 16.0. The van der Waals surface area contributed by atoms with Crippen LogP contribution in [0.5, 0.6) is 0 Å². The van der Waals surface area contributed by atoms with Crippen molar-refractivity contribution >= 4 is 21.6 Å². The molecule has 2 rings (SSSR count). The van der Waals surface area contributed by atoms with Crippen molar-refractivity contribution in [1.82, 2.24) is 4.31 Å². The summed E-state index contributed by atoms with van der Waals surface area (Å²) in [6, 6.07) is 10.5. The number of amides is 1. The molecule has 0 saturated carbocycles. The highest BCUT2D eigenvalue weighted by Gasteiger charge is 2.23. The van der Waals surface area contributed by atoms with E-state index in [0.717, 1.165) is 22.4 Å². The molecule has 5 nitrogen and oxygen atoms in total. The van der Waals surface area contributed by atoms with E-state index in [-0.39, 0.29) is 10.8 Å². The fourth-order valence-corrected chi connectivity index (χ4v) is 4.26. The first-order valence-electron chi connectivity index (χ1n) is 8.70. The van der Waals surface area contributed by atoms with Crippen LogP contribution in [-0.2, 0) is 10.0 Å². The smallest absolute Gasteiger partial charge is 0.255 e. The van der Waals surface area contributed by atoms with Gasteiger partial charge in [0.05, 0.1) is 4.90 Å². The van der Waals surface area contributed by atoms with E-state index in [9.17, 15) is 13.2 Å². The van der Waals surface area contributed by atoms with Crippen molar-refractivity contribution in [2.75, 3.05) is 18.4 Å². The van der Waals surface area contributed by atoms with Crippen molar-refractivity contribution < 1.29 is 13.2 Å². The number of nitrogens with zero attached hydrogens (tertiary/aromatic N) is 1. The summed E-state index contributed by atoms with van der Waals surface area (Å²) in [5.74, 6) is -0.312. The molecule has 2 aromatic carbocycles. The van der Waals surface area contributed by atoms with Crippen LogP contribution in [0.25, 0.3) is 0 Å². The second kappa shape index (κ2) is 8.01. The van der Waals surface area contributed by atoms with Gasteiger partial charge in [-0.2, -0.15) is 4.31 Å². The zero-order chi connectivity index (χ0) is 19.5. The third kappa shape index (κ3) is 4.14. The quantitative estimate of drug-likeness (QED) is 0.834. The average Bonchev–Trinajstić information content (AvgIpc) is 2.59. The number of nitrogens with one attached hydrogen (secondary N) is 1. The number of carbonyl (C=O) groups is 1. The summed E-state index contributed by atoms with van der Waals surface area (Å²) in [5.41, 5.74) is 3.81. The van der Waals surface area contributed by atoms with E-state index >= 15 is 0 Å². The highest BCUT2D eigenvalue weighted by molar-refractivity contribution is 7.89. The lowest BCUT2D eigenvalue weighted by molar-refractivity contribution is 0.102. The second-order valence-electron chi connectivity index (χ2n) is 6.34. The minimum Gasteiger partial charge on any atom is -0.322 e. The number of hydrogen-bond donors (Lipinski definition) is 1. The molecule has 0 heterocycles. The first-order valence-corrected chi connectivity index (χ1v) is 10.1.